The number of fused-ring (bicyclic) bond motifs is 1. The molecule has 0 amide bonds. The lowest BCUT2D eigenvalue weighted by Gasteiger charge is -2.23. The lowest BCUT2D eigenvalue weighted by atomic mass is 10.1. The highest BCUT2D eigenvalue weighted by molar-refractivity contribution is 6.10. The smallest absolute Gasteiger partial charge is 0.179 e. The first-order chi connectivity index (χ1) is 9.66. The molecule has 1 heterocycles. The summed E-state index contributed by atoms with van der Waals surface area (Å²) in [6.45, 7) is 2.51. The maximum absolute atomic E-state index is 12.6. The van der Waals surface area contributed by atoms with Crippen molar-refractivity contribution in [2.75, 3.05) is 13.6 Å². The highest BCUT2D eigenvalue weighted by Gasteiger charge is 2.23. The van der Waals surface area contributed by atoms with Gasteiger partial charge in [-0.2, -0.15) is 0 Å². The van der Waals surface area contributed by atoms with Crippen molar-refractivity contribution in [3.8, 4) is 0 Å². The molecule has 3 heteroatoms. The number of aromatic nitrogens is 1. The molecule has 1 aliphatic rings. The van der Waals surface area contributed by atoms with Gasteiger partial charge in [0.05, 0.1) is 6.54 Å². The molecule has 0 atom stereocenters. The first kappa shape index (κ1) is 13.4. The summed E-state index contributed by atoms with van der Waals surface area (Å²) in [4.78, 5) is 18.2. The molecule has 0 bridgehead atoms. The van der Waals surface area contributed by atoms with Gasteiger partial charge < -0.3 is 4.98 Å². The third-order valence-corrected chi connectivity index (χ3v) is 4.51. The van der Waals surface area contributed by atoms with Crippen LogP contribution in [-0.4, -0.2) is 35.3 Å². The van der Waals surface area contributed by atoms with Gasteiger partial charge in [0.15, 0.2) is 5.78 Å². The average Bonchev–Trinajstić information content (AvgIpc) is 3.04. The zero-order valence-electron chi connectivity index (χ0n) is 12.3. The van der Waals surface area contributed by atoms with Gasteiger partial charge >= 0.3 is 0 Å². The van der Waals surface area contributed by atoms with Crippen molar-refractivity contribution in [2.24, 2.45) is 0 Å². The number of hydrogen-bond acceptors (Lipinski definition) is 2. The second kappa shape index (κ2) is 5.41. The molecule has 1 aromatic carbocycles. The summed E-state index contributed by atoms with van der Waals surface area (Å²) >= 11 is 0. The number of H-pyrrole nitrogens is 1. The Labute approximate surface area is 120 Å². The van der Waals surface area contributed by atoms with E-state index in [1.165, 1.54) is 25.7 Å². The Hall–Kier alpha value is -1.61. The van der Waals surface area contributed by atoms with E-state index >= 15 is 0 Å². The molecule has 0 saturated heterocycles. The number of aromatic amines is 1. The van der Waals surface area contributed by atoms with Crippen LogP contribution in [0.5, 0.6) is 0 Å². The molecule has 1 N–H and O–H groups in total. The van der Waals surface area contributed by atoms with Gasteiger partial charge in [-0.1, -0.05) is 31.0 Å². The maximum Gasteiger partial charge on any atom is 0.179 e. The van der Waals surface area contributed by atoms with Crippen LogP contribution in [0.25, 0.3) is 10.9 Å². The van der Waals surface area contributed by atoms with E-state index in [9.17, 15) is 4.79 Å². The Bertz CT molecular complexity index is 623. The second-order valence-corrected chi connectivity index (χ2v) is 5.95. The number of carbonyl (C=O) groups excluding carboxylic acids is 1. The van der Waals surface area contributed by atoms with Gasteiger partial charge in [-0.3, -0.25) is 9.69 Å². The Balaban J connectivity index is 1.83. The fourth-order valence-electron chi connectivity index (χ4n) is 3.42. The third kappa shape index (κ3) is 2.38. The molecule has 0 unspecified atom stereocenters. The SMILES string of the molecule is Cc1[nH]c2ccccc2c1C(=O)CN(C)C1CCCC1. The van der Waals surface area contributed by atoms with Crippen LogP contribution in [0.3, 0.4) is 0 Å². The average molecular weight is 270 g/mol. The standard InChI is InChI=1S/C17H22N2O/c1-12-17(14-9-5-6-10-15(14)18-12)16(20)11-19(2)13-7-3-4-8-13/h5-6,9-10,13,18H,3-4,7-8,11H2,1-2H3. The Kier molecular flexibility index (Phi) is 3.62. The minimum absolute atomic E-state index is 0.231. The number of nitrogens with zero attached hydrogens (tertiary/aromatic N) is 1. The molecule has 1 saturated carbocycles. The number of hydrogen-bond donors (Lipinski definition) is 1. The van der Waals surface area contributed by atoms with Gasteiger partial charge in [-0.15, -0.1) is 0 Å². The molecule has 1 fully saturated rings. The minimum Gasteiger partial charge on any atom is -0.358 e. The van der Waals surface area contributed by atoms with Crippen molar-refractivity contribution in [1.29, 1.82) is 0 Å². The quantitative estimate of drug-likeness (QED) is 0.863. The number of aryl methyl sites for hydroxylation is 1. The van der Waals surface area contributed by atoms with Crippen LogP contribution in [0.15, 0.2) is 24.3 Å². The van der Waals surface area contributed by atoms with Crippen molar-refractivity contribution in [1.82, 2.24) is 9.88 Å². The molecule has 1 aliphatic carbocycles. The van der Waals surface area contributed by atoms with Crippen molar-refractivity contribution in [3.63, 3.8) is 0 Å². The van der Waals surface area contributed by atoms with Gasteiger partial charge in [0.1, 0.15) is 0 Å². The van der Waals surface area contributed by atoms with Crippen LogP contribution in [0.2, 0.25) is 0 Å². The summed E-state index contributed by atoms with van der Waals surface area (Å²) in [6, 6.07) is 8.63. The molecule has 0 spiro atoms. The number of likely N-dealkylation sites (N-methyl/N-ethyl adjacent to an activating group) is 1. The first-order valence-corrected chi connectivity index (χ1v) is 7.47. The largest absolute Gasteiger partial charge is 0.358 e. The summed E-state index contributed by atoms with van der Waals surface area (Å²) in [7, 11) is 2.08. The van der Waals surface area contributed by atoms with E-state index in [2.05, 4.69) is 16.9 Å². The molecular weight excluding hydrogens is 248 g/mol. The monoisotopic (exact) mass is 270 g/mol. The van der Waals surface area contributed by atoms with Crippen LogP contribution in [0.1, 0.15) is 41.7 Å². The molecule has 20 heavy (non-hydrogen) atoms. The number of para-hydroxylation sites is 1. The van der Waals surface area contributed by atoms with E-state index in [4.69, 9.17) is 0 Å². The Morgan fingerprint density at radius 2 is 2.00 bits per heavy atom. The number of rotatable bonds is 4. The Morgan fingerprint density at radius 1 is 1.30 bits per heavy atom. The van der Waals surface area contributed by atoms with Crippen LogP contribution < -0.4 is 0 Å². The number of nitrogens with one attached hydrogen (secondary N) is 1. The van der Waals surface area contributed by atoms with Crippen LogP contribution in [0, 0.1) is 6.92 Å². The number of benzene rings is 1. The second-order valence-electron chi connectivity index (χ2n) is 5.95. The predicted molar refractivity (Wildman–Crippen MR) is 82.3 cm³/mol. The van der Waals surface area contributed by atoms with E-state index in [-0.39, 0.29) is 5.78 Å². The first-order valence-electron chi connectivity index (χ1n) is 7.47. The molecular formula is C17H22N2O. The predicted octanol–water partition coefficient (Wildman–Crippen LogP) is 3.53. The normalized spacial score (nSPS) is 16.4. The van der Waals surface area contributed by atoms with Crippen molar-refractivity contribution < 1.29 is 4.79 Å². The molecule has 1 aromatic heterocycles. The van der Waals surface area contributed by atoms with Crippen molar-refractivity contribution in [3.05, 3.63) is 35.5 Å². The fraction of sp³-hybridized carbons (Fsp3) is 0.471. The molecule has 0 radical (unpaired) electrons. The van der Waals surface area contributed by atoms with Gasteiger partial charge in [0.2, 0.25) is 0 Å². The van der Waals surface area contributed by atoms with Gasteiger partial charge in [0, 0.05) is 28.2 Å². The van der Waals surface area contributed by atoms with Gasteiger partial charge in [-0.05, 0) is 32.9 Å². The third-order valence-electron chi connectivity index (χ3n) is 4.51. The van der Waals surface area contributed by atoms with Crippen molar-refractivity contribution in [2.45, 2.75) is 38.6 Å². The number of ketones is 1. The van der Waals surface area contributed by atoms with E-state index in [1.54, 1.807) is 0 Å². The van der Waals surface area contributed by atoms with Gasteiger partial charge in [-0.25, -0.2) is 0 Å². The van der Waals surface area contributed by atoms with Crippen LogP contribution in [0.4, 0.5) is 0 Å². The minimum atomic E-state index is 0.231. The number of carbonyl (C=O) groups is 1. The molecule has 2 aromatic rings. The molecule has 0 aliphatic heterocycles. The molecule has 3 rings (SSSR count). The highest BCUT2D eigenvalue weighted by Crippen LogP contribution is 2.25. The van der Waals surface area contributed by atoms with Crippen LogP contribution in [-0.2, 0) is 0 Å². The topological polar surface area (TPSA) is 36.1 Å². The maximum atomic E-state index is 12.6. The van der Waals surface area contributed by atoms with E-state index < -0.39 is 0 Å². The molecule has 3 nitrogen and oxygen atoms in total. The van der Waals surface area contributed by atoms with E-state index in [1.807, 2.05) is 31.2 Å². The van der Waals surface area contributed by atoms with E-state index in [0.29, 0.717) is 12.6 Å². The van der Waals surface area contributed by atoms with Crippen molar-refractivity contribution >= 4 is 16.7 Å². The number of Topliss-reactive ketones (excluding diaryl/α,β-unsaturated/α-hetero) is 1. The summed E-state index contributed by atoms with van der Waals surface area (Å²) in [5.74, 6) is 0.231. The summed E-state index contributed by atoms with van der Waals surface area (Å²) in [6.07, 6.45) is 5.07. The van der Waals surface area contributed by atoms with E-state index in [0.717, 1.165) is 22.2 Å². The van der Waals surface area contributed by atoms with Gasteiger partial charge in [0.25, 0.3) is 0 Å². The van der Waals surface area contributed by atoms with Crippen LogP contribution >= 0.6 is 0 Å². The summed E-state index contributed by atoms with van der Waals surface area (Å²) < 4.78 is 0. The lowest BCUT2D eigenvalue weighted by molar-refractivity contribution is 0.0922. The fourth-order valence-corrected chi connectivity index (χ4v) is 3.42. The zero-order chi connectivity index (χ0) is 14.1. The Morgan fingerprint density at radius 3 is 2.75 bits per heavy atom. The summed E-state index contributed by atoms with van der Waals surface area (Å²) in [5, 5.41) is 1.05. The lowest BCUT2D eigenvalue weighted by Crippen LogP contribution is -2.34. The highest BCUT2D eigenvalue weighted by atomic mass is 16.1. The summed E-state index contributed by atoms with van der Waals surface area (Å²) in [5.41, 5.74) is 2.90. The molecule has 106 valence electrons. The zero-order valence-corrected chi connectivity index (χ0v) is 12.3.